The van der Waals surface area contributed by atoms with Crippen LogP contribution in [0.2, 0.25) is 5.02 Å². The molecular formula is C20H22ClN3O6S. The van der Waals surface area contributed by atoms with E-state index < -0.39 is 22.6 Å². The van der Waals surface area contributed by atoms with E-state index in [4.69, 9.17) is 26.2 Å². The summed E-state index contributed by atoms with van der Waals surface area (Å²) in [5.74, 6) is -0.397. The molecule has 1 heterocycles. The Morgan fingerprint density at radius 1 is 1.06 bits per heavy atom. The van der Waals surface area contributed by atoms with Crippen molar-refractivity contribution in [1.29, 1.82) is 0 Å². The van der Waals surface area contributed by atoms with Crippen molar-refractivity contribution in [3.05, 3.63) is 53.1 Å². The molecule has 1 fully saturated rings. The van der Waals surface area contributed by atoms with Gasteiger partial charge < -0.3 is 19.3 Å². The molecule has 1 aliphatic heterocycles. The molecule has 0 radical (unpaired) electrons. The maximum Gasteiger partial charge on any atom is 0.338 e. The average molecular weight is 468 g/mol. The third kappa shape index (κ3) is 5.66. The van der Waals surface area contributed by atoms with Gasteiger partial charge in [-0.15, -0.1) is 0 Å². The third-order valence-corrected chi connectivity index (χ3v) is 6.26. The number of nitrogens with zero attached hydrogens (tertiary/aromatic N) is 2. The Morgan fingerprint density at radius 3 is 2.29 bits per heavy atom. The fourth-order valence-electron chi connectivity index (χ4n) is 3.16. The smallest absolute Gasteiger partial charge is 0.338 e. The van der Waals surface area contributed by atoms with E-state index in [1.807, 2.05) is 24.3 Å². The summed E-state index contributed by atoms with van der Waals surface area (Å²) in [6, 6.07) is 11.2. The molecule has 0 unspecified atom stereocenters. The van der Waals surface area contributed by atoms with E-state index in [2.05, 4.69) is 4.90 Å². The summed E-state index contributed by atoms with van der Waals surface area (Å²) in [5.41, 5.74) is 0.971. The second-order valence-electron chi connectivity index (χ2n) is 6.83. The van der Waals surface area contributed by atoms with E-state index in [1.165, 1.54) is 12.1 Å². The molecule has 0 spiro atoms. The van der Waals surface area contributed by atoms with E-state index in [1.54, 1.807) is 12.0 Å². The second-order valence-corrected chi connectivity index (χ2v) is 8.77. The number of hydrogen-bond donors (Lipinski definition) is 1. The van der Waals surface area contributed by atoms with Crippen LogP contribution in [-0.4, -0.2) is 65.1 Å². The number of halogens is 1. The molecular weight excluding hydrogens is 446 g/mol. The zero-order chi connectivity index (χ0) is 22.6. The fraction of sp³-hybridized carbons (Fsp3) is 0.300. The van der Waals surface area contributed by atoms with Gasteiger partial charge in [0.05, 0.1) is 17.7 Å². The van der Waals surface area contributed by atoms with Crippen molar-refractivity contribution in [2.24, 2.45) is 5.14 Å². The minimum atomic E-state index is -4.10. The summed E-state index contributed by atoms with van der Waals surface area (Å²) in [5, 5.41) is 4.97. The Morgan fingerprint density at radius 2 is 1.71 bits per heavy atom. The number of piperazine rings is 1. The van der Waals surface area contributed by atoms with Gasteiger partial charge in [-0.25, -0.2) is 18.4 Å². The number of rotatable bonds is 6. The number of hydrogen-bond acceptors (Lipinski definition) is 7. The average Bonchev–Trinajstić information content (AvgIpc) is 2.77. The minimum Gasteiger partial charge on any atom is -0.497 e. The second kappa shape index (κ2) is 9.54. The Hall–Kier alpha value is -2.82. The summed E-state index contributed by atoms with van der Waals surface area (Å²) >= 11 is 5.80. The lowest BCUT2D eigenvalue weighted by molar-refractivity contribution is -0.134. The Bertz CT molecular complexity index is 1070. The molecule has 166 valence electrons. The number of ether oxygens (including phenoxy) is 2. The Labute approximate surface area is 185 Å². The van der Waals surface area contributed by atoms with E-state index >= 15 is 0 Å². The summed E-state index contributed by atoms with van der Waals surface area (Å²) in [6.45, 7) is 1.80. The number of benzene rings is 2. The van der Waals surface area contributed by atoms with Crippen LogP contribution in [0, 0.1) is 0 Å². The van der Waals surface area contributed by atoms with Crippen molar-refractivity contribution >= 4 is 39.2 Å². The van der Waals surface area contributed by atoms with Gasteiger partial charge in [-0.05, 0) is 42.5 Å². The third-order valence-electron chi connectivity index (χ3n) is 4.87. The number of methoxy groups -OCH3 is 1. The van der Waals surface area contributed by atoms with E-state index in [-0.39, 0.29) is 21.4 Å². The lowest BCUT2D eigenvalue weighted by Crippen LogP contribution is -2.49. The highest BCUT2D eigenvalue weighted by Gasteiger charge is 2.23. The summed E-state index contributed by atoms with van der Waals surface area (Å²) in [4.78, 5) is 28.0. The molecule has 0 bridgehead atoms. The first-order chi connectivity index (χ1) is 14.7. The number of anilines is 1. The Balaban J connectivity index is 1.53. The molecule has 2 N–H and O–H groups in total. The lowest BCUT2D eigenvalue weighted by atomic mass is 10.2. The van der Waals surface area contributed by atoms with Crippen LogP contribution in [0.3, 0.4) is 0 Å². The predicted octanol–water partition coefficient (Wildman–Crippen LogP) is 1.50. The minimum absolute atomic E-state index is 0.0643. The van der Waals surface area contributed by atoms with E-state index in [0.29, 0.717) is 26.2 Å². The Kier molecular flexibility index (Phi) is 7.04. The van der Waals surface area contributed by atoms with Gasteiger partial charge in [0.2, 0.25) is 10.0 Å². The largest absolute Gasteiger partial charge is 0.497 e. The molecule has 0 saturated carbocycles. The maximum atomic E-state index is 12.4. The predicted molar refractivity (Wildman–Crippen MR) is 115 cm³/mol. The van der Waals surface area contributed by atoms with Gasteiger partial charge in [-0.2, -0.15) is 0 Å². The van der Waals surface area contributed by atoms with Gasteiger partial charge in [0.15, 0.2) is 6.61 Å². The van der Waals surface area contributed by atoms with Crippen LogP contribution in [-0.2, 0) is 19.6 Å². The van der Waals surface area contributed by atoms with Crippen LogP contribution in [0.1, 0.15) is 10.4 Å². The SMILES string of the molecule is COc1ccc(N2CCN(C(=O)COC(=O)c3ccc(Cl)c(S(N)(=O)=O)c3)CC2)cc1. The number of nitrogens with two attached hydrogens (primary N) is 1. The highest BCUT2D eigenvalue weighted by molar-refractivity contribution is 7.89. The van der Waals surface area contributed by atoms with E-state index in [0.717, 1.165) is 17.5 Å². The van der Waals surface area contributed by atoms with Gasteiger partial charge in [-0.1, -0.05) is 11.6 Å². The van der Waals surface area contributed by atoms with Crippen molar-refractivity contribution in [2.45, 2.75) is 4.90 Å². The van der Waals surface area contributed by atoms with Crippen LogP contribution in [0.5, 0.6) is 5.75 Å². The highest BCUT2D eigenvalue weighted by Crippen LogP contribution is 2.22. The molecule has 2 aromatic rings. The van der Waals surface area contributed by atoms with Crippen molar-refractivity contribution in [1.82, 2.24) is 4.90 Å². The number of carbonyl (C=O) groups excluding carboxylic acids is 2. The van der Waals surface area contributed by atoms with Gasteiger partial charge in [0, 0.05) is 31.9 Å². The first kappa shape index (κ1) is 22.9. The highest BCUT2D eigenvalue weighted by atomic mass is 35.5. The van der Waals surface area contributed by atoms with Crippen LogP contribution in [0.4, 0.5) is 5.69 Å². The molecule has 11 heteroatoms. The van der Waals surface area contributed by atoms with Crippen LogP contribution in [0.25, 0.3) is 0 Å². The molecule has 1 amide bonds. The maximum absolute atomic E-state index is 12.4. The summed E-state index contributed by atoms with van der Waals surface area (Å²) in [7, 11) is -2.49. The first-order valence-electron chi connectivity index (χ1n) is 9.35. The normalized spacial score (nSPS) is 14.3. The summed E-state index contributed by atoms with van der Waals surface area (Å²) < 4.78 is 33.3. The molecule has 9 nitrogen and oxygen atoms in total. The quantitative estimate of drug-likeness (QED) is 0.639. The van der Waals surface area contributed by atoms with Gasteiger partial charge in [-0.3, -0.25) is 4.79 Å². The van der Waals surface area contributed by atoms with Crippen LogP contribution in [0.15, 0.2) is 47.4 Å². The fourth-order valence-corrected chi connectivity index (χ4v) is 4.23. The summed E-state index contributed by atoms with van der Waals surface area (Å²) in [6.07, 6.45) is 0. The number of carbonyl (C=O) groups is 2. The number of sulfonamides is 1. The van der Waals surface area contributed by atoms with Gasteiger partial charge in [0.25, 0.3) is 5.91 Å². The number of amides is 1. The van der Waals surface area contributed by atoms with Crippen molar-refractivity contribution in [3.8, 4) is 5.75 Å². The first-order valence-corrected chi connectivity index (χ1v) is 11.3. The number of esters is 1. The lowest BCUT2D eigenvalue weighted by Gasteiger charge is -2.36. The van der Waals surface area contributed by atoms with Crippen molar-refractivity contribution in [2.75, 3.05) is 44.8 Å². The van der Waals surface area contributed by atoms with Crippen LogP contribution >= 0.6 is 11.6 Å². The monoisotopic (exact) mass is 467 g/mol. The molecule has 0 atom stereocenters. The molecule has 0 aromatic heterocycles. The molecule has 2 aromatic carbocycles. The molecule has 31 heavy (non-hydrogen) atoms. The topological polar surface area (TPSA) is 119 Å². The molecule has 1 saturated heterocycles. The number of primary sulfonamides is 1. The van der Waals surface area contributed by atoms with Gasteiger partial charge in [0.1, 0.15) is 10.6 Å². The zero-order valence-corrected chi connectivity index (χ0v) is 18.4. The van der Waals surface area contributed by atoms with Gasteiger partial charge >= 0.3 is 5.97 Å². The molecule has 0 aliphatic carbocycles. The molecule has 3 rings (SSSR count). The van der Waals surface area contributed by atoms with Crippen LogP contribution < -0.4 is 14.8 Å². The van der Waals surface area contributed by atoms with Crippen molar-refractivity contribution in [3.63, 3.8) is 0 Å². The standard InChI is InChI=1S/C20H22ClN3O6S/c1-29-16-5-3-15(4-6-16)23-8-10-24(11-9-23)19(25)13-30-20(26)14-2-7-17(21)18(12-14)31(22,27)28/h2-7,12H,8-11,13H2,1H3,(H2,22,27,28). The van der Waals surface area contributed by atoms with E-state index in [9.17, 15) is 18.0 Å². The zero-order valence-electron chi connectivity index (χ0n) is 16.8. The van der Waals surface area contributed by atoms with Crippen molar-refractivity contribution < 1.29 is 27.5 Å². The molecule has 1 aliphatic rings.